The summed E-state index contributed by atoms with van der Waals surface area (Å²) in [6, 6.07) is 14.9. The molecule has 3 nitrogen and oxygen atoms in total. The van der Waals surface area contributed by atoms with Crippen LogP contribution in [-0.2, 0) is 6.61 Å². The van der Waals surface area contributed by atoms with E-state index < -0.39 is 0 Å². The van der Waals surface area contributed by atoms with Gasteiger partial charge in [-0.3, -0.25) is 0 Å². The molecule has 0 heterocycles. The van der Waals surface area contributed by atoms with E-state index in [4.69, 9.17) is 27.3 Å². The Morgan fingerprint density at radius 2 is 2.05 bits per heavy atom. The summed E-state index contributed by atoms with van der Waals surface area (Å²) in [5.41, 5.74) is 8.20. The molecular formula is C16H15ClN2O. The number of benzene rings is 2. The van der Waals surface area contributed by atoms with Gasteiger partial charge in [-0.25, -0.2) is 0 Å². The first-order valence-corrected chi connectivity index (χ1v) is 6.65. The Hall–Kier alpha value is -2.02. The highest BCUT2D eigenvalue weighted by molar-refractivity contribution is 6.32. The largest absolute Gasteiger partial charge is 0.487 e. The van der Waals surface area contributed by atoms with Crippen LogP contribution in [0.15, 0.2) is 42.5 Å². The summed E-state index contributed by atoms with van der Waals surface area (Å²) >= 11 is 6.17. The van der Waals surface area contributed by atoms with Crippen molar-refractivity contribution in [2.24, 2.45) is 5.73 Å². The van der Waals surface area contributed by atoms with Crippen molar-refractivity contribution >= 4 is 11.6 Å². The van der Waals surface area contributed by atoms with Crippen LogP contribution in [-0.4, -0.2) is 0 Å². The third-order valence-corrected chi connectivity index (χ3v) is 3.30. The zero-order valence-corrected chi connectivity index (χ0v) is 11.9. The van der Waals surface area contributed by atoms with Gasteiger partial charge in [0.2, 0.25) is 0 Å². The Bertz CT molecular complexity index is 647. The first-order valence-electron chi connectivity index (χ1n) is 6.27. The summed E-state index contributed by atoms with van der Waals surface area (Å²) in [4.78, 5) is 0. The zero-order valence-electron chi connectivity index (χ0n) is 11.1. The maximum Gasteiger partial charge on any atom is 0.138 e. The standard InChI is InChI=1S/C16H15ClN2O/c1-11(19)12-6-7-16(15(17)8-12)20-10-14-5-3-2-4-13(14)9-18/h2-8,11H,10,19H2,1H3/t11-/m0/s1. The van der Waals surface area contributed by atoms with Gasteiger partial charge in [0.15, 0.2) is 0 Å². The average molecular weight is 287 g/mol. The van der Waals surface area contributed by atoms with E-state index in [9.17, 15) is 0 Å². The molecule has 20 heavy (non-hydrogen) atoms. The van der Waals surface area contributed by atoms with E-state index in [1.165, 1.54) is 0 Å². The molecule has 0 aliphatic carbocycles. The maximum absolute atomic E-state index is 9.02. The fourth-order valence-corrected chi connectivity index (χ4v) is 2.07. The smallest absolute Gasteiger partial charge is 0.138 e. The Labute approximate surface area is 123 Å². The molecule has 0 radical (unpaired) electrons. The summed E-state index contributed by atoms with van der Waals surface area (Å²) in [6.45, 7) is 2.20. The Morgan fingerprint density at radius 3 is 2.70 bits per heavy atom. The Morgan fingerprint density at radius 1 is 1.30 bits per heavy atom. The summed E-state index contributed by atoms with van der Waals surface area (Å²) in [7, 11) is 0. The van der Waals surface area contributed by atoms with Crippen molar-refractivity contribution in [3.63, 3.8) is 0 Å². The van der Waals surface area contributed by atoms with Crippen LogP contribution in [0.2, 0.25) is 5.02 Å². The molecule has 0 saturated carbocycles. The van der Waals surface area contributed by atoms with Crippen molar-refractivity contribution in [2.45, 2.75) is 19.6 Å². The van der Waals surface area contributed by atoms with Crippen molar-refractivity contribution in [2.75, 3.05) is 0 Å². The minimum atomic E-state index is -0.0686. The Balaban J connectivity index is 2.14. The minimum absolute atomic E-state index is 0.0686. The second-order valence-corrected chi connectivity index (χ2v) is 4.94. The van der Waals surface area contributed by atoms with Crippen LogP contribution in [0.1, 0.15) is 29.7 Å². The normalized spacial score (nSPS) is 11.7. The molecule has 0 aliphatic rings. The number of nitrogens with two attached hydrogens (primary N) is 1. The molecular weight excluding hydrogens is 272 g/mol. The quantitative estimate of drug-likeness (QED) is 0.930. The van der Waals surface area contributed by atoms with Gasteiger partial charge in [-0.1, -0.05) is 35.9 Å². The highest BCUT2D eigenvalue weighted by Gasteiger charge is 2.07. The second kappa shape index (κ2) is 6.42. The van der Waals surface area contributed by atoms with E-state index in [0.29, 0.717) is 22.9 Å². The third kappa shape index (κ3) is 3.30. The molecule has 0 amide bonds. The summed E-state index contributed by atoms with van der Waals surface area (Å²) in [5.74, 6) is 0.587. The predicted octanol–water partition coefficient (Wildman–Crippen LogP) is 3.81. The van der Waals surface area contributed by atoms with Crippen LogP contribution in [0.3, 0.4) is 0 Å². The molecule has 2 N–H and O–H groups in total. The molecule has 2 rings (SSSR count). The van der Waals surface area contributed by atoms with Gasteiger partial charge in [-0.05, 0) is 30.7 Å². The molecule has 102 valence electrons. The lowest BCUT2D eigenvalue weighted by molar-refractivity contribution is 0.306. The van der Waals surface area contributed by atoms with E-state index in [0.717, 1.165) is 11.1 Å². The van der Waals surface area contributed by atoms with Crippen molar-refractivity contribution in [1.82, 2.24) is 0 Å². The molecule has 0 spiro atoms. The topological polar surface area (TPSA) is 59.0 Å². The maximum atomic E-state index is 9.02. The highest BCUT2D eigenvalue weighted by atomic mass is 35.5. The molecule has 0 bridgehead atoms. The minimum Gasteiger partial charge on any atom is -0.487 e. The summed E-state index contributed by atoms with van der Waals surface area (Å²) in [5, 5.41) is 9.54. The van der Waals surface area contributed by atoms with Crippen LogP contribution in [0, 0.1) is 11.3 Å². The van der Waals surface area contributed by atoms with Crippen molar-refractivity contribution in [1.29, 1.82) is 5.26 Å². The third-order valence-electron chi connectivity index (χ3n) is 3.00. The lowest BCUT2D eigenvalue weighted by Crippen LogP contribution is -2.05. The molecule has 2 aromatic carbocycles. The fraction of sp³-hybridized carbons (Fsp3) is 0.188. The van der Waals surface area contributed by atoms with Gasteiger partial charge in [0.1, 0.15) is 12.4 Å². The summed E-state index contributed by atoms with van der Waals surface area (Å²) in [6.07, 6.45) is 0. The SMILES string of the molecule is C[C@H](N)c1ccc(OCc2ccccc2C#N)c(Cl)c1. The second-order valence-electron chi connectivity index (χ2n) is 4.54. The van der Waals surface area contributed by atoms with E-state index in [2.05, 4.69) is 6.07 Å². The van der Waals surface area contributed by atoms with Crippen molar-refractivity contribution in [3.8, 4) is 11.8 Å². The average Bonchev–Trinajstić information content (AvgIpc) is 2.46. The summed E-state index contributed by atoms with van der Waals surface area (Å²) < 4.78 is 5.68. The van der Waals surface area contributed by atoms with Gasteiger partial charge in [-0.15, -0.1) is 0 Å². The number of hydrogen-bond donors (Lipinski definition) is 1. The van der Waals surface area contributed by atoms with Crippen molar-refractivity contribution in [3.05, 3.63) is 64.2 Å². The number of rotatable bonds is 4. The van der Waals surface area contributed by atoms with Gasteiger partial charge in [0, 0.05) is 11.6 Å². The van der Waals surface area contributed by atoms with Crippen LogP contribution in [0.4, 0.5) is 0 Å². The molecule has 0 aromatic heterocycles. The van der Waals surface area contributed by atoms with Gasteiger partial charge >= 0.3 is 0 Å². The number of halogens is 1. The van der Waals surface area contributed by atoms with Crippen LogP contribution in [0.5, 0.6) is 5.75 Å². The molecule has 1 atom stereocenters. The lowest BCUT2D eigenvalue weighted by Gasteiger charge is -2.11. The first-order chi connectivity index (χ1) is 9.61. The van der Waals surface area contributed by atoms with E-state index >= 15 is 0 Å². The molecule has 0 fully saturated rings. The predicted molar refractivity (Wildman–Crippen MR) is 79.5 cm³/mol. The Kier molecular flexibility index (Phi) is 4.62. The molecule has 2 aromatic rings. The number of nitrogens with zero attached hydrogens (tertiary/aromatic N) is 1. The first kappa shape index (κ1) is 14.4. The fourth-order valence-electron chi connectivity index (χ4n) is 1.83. The lowest BCUT2D eigenvalue weighted by atomic mass is 10.1. The monoisotopic (exact) mass is 286 g/mol. The molecule has 0 saturated heterocycles. The van der Waals surface area contributed by atoms with E-state index in [1.807, 2.05) is 31.2 Å². The molecule has 0 aliphatic heterocycles. The van der Waals surface area contributed by atoms with Gasteiger partial charge in [0.05, 0.1) is 16.7 Å². The molecule has 0 unspecified atom stereocenters. The van der Waals surface area contributed by atoms with Crippen LogP contribution in [0.25, 0.3) is 0 Å². The van der Waals surface area contributed by atoms with Gasteiger partial charge in [0.25, 0.3) is 0 Å². The van der Waals surface area contributed by atoms with Gasteiger partial charge in [-0.2, -0.15) is 5.26 Å². The van der Waals surface area contributed by atoms with E-state index in [-0.39, 0.29) is 6.04 Å². The number of hydrogen-bond acceptors (Lipinski definition) is 3. The van der Waals surface area contributed by atoms with Crippen molar-refractivity contribution < 1.29 is 4.74 Å². The number of ether oxygens (including phenoxy) is 1. The van der Waals surface area contributed by atoms with Crippen LogP contribution < -0.4 is 10.5 Å². The highest BCUT2D eigenvalue weighted by Crippen LogP contribution is 2.28. The van der Waals surface area contributed by atoms with Gasteiger partial charge < -0.3 is 10.5 Å². The number of nitriles is 1. The zero-order chi connectivity index (χ0) is 14.5. The van der Waals surface area contributed by atoms with E-state index in [1.54, 1.807) is 18.2 Å². The molecule has 4 heteroatoms. The van der Waals surface area contributed by atoms with Crippen LogP contribution >= 0.6 is 11.6 Å².